The lowest BCUT2D eigenvalue weighted by molar-refractivity contribution is 0.00513. The monoisotopic (exact) mass is 248 g/mol. The molecule has 1 aromatic rings. The summed E-state index contributed by atoms with van der Waals surface area (Å²) >= 11 is 0. The molecule has 0 atom stereocenters. The number of carbonyl (C=O) groups excluding carboxylic acids is 1. The van der Waals surface area contributed by atoms with Gasteiger partial charge in [0.2, 0.25) is 5.78 Å². The summed E-state index contributed by atoms with van der Waals surface area (Å²) in [6, 6.07) is 7.72. The Labute approximate surface area is 105 Å². The van der Waals surface area contributed by atoms with E-state index in [1.54, 1.807) is 18.2 Å². The molecule has 0 heterocycles. The van der Waals surface area contributed by atoms with Gasteiger partial charge < -0.3 is 0 Å². The van der Waals surface area contributed by atoms with Crippen molar-refractivity contribution in [1.29, 1.82) is 0 Å². The number of benzene rings is 1. The van der Waals surface area contributed by atoms with E-state index in [9.17, 15) is 13.6 Å². The number of ketones is 1. The Bertz CT molecular complexity index is 486. The fraction of sp³-hybridized carbons (Fsp3) is 0.267. The predicted molar refractivity (Wildman–Crippen MR) is 66.8 cm³/mol. The van der Waals surface area contributed by atoms with Crippen LogP contribution in [0.2, 0.25) is 0 Å². The van der Waals surface area contributed by atoms with E-state index in [-0.39, 0.29) is 12.0 Å². The van der Waals surface area contributed by atoms with Crippen LogP contribution < -0.4 is 0 Å². The zero-order chi connectivity index (χ0) is 13.0. The summed E-state index contributed by atoms with van der Waals surface area (Å²) in [5.41, 5.74) is 1.02. The van der Waals surface area contributed by atoms with Crippen molar-refractivity contribution in [1.82, 2.24) is 0 Å². The Kier molecular flexibility index (Phi) is 3.70. The number of hydrogen-bond donors (Lipinski definition) is 0. The van der Waals surface area contributed by atoms with E-state index in [1.165, 1.54) is 12.1 Å². The summed E-state index contributed by atoms with van der Waals surface area (Å²) in [5, 5.41) is 0. The van der Waals surface area contributed by atoms with Crippen molar-refractivity contribution in [3.05, 3.63) is 59.7 Å². The van der Waals surface area contributed by atoms with Crippen LogP contribution in [0.3, 0.4) is 0 Å². The summed E-state index contributed by atoms with van der Waals surface area (Å²) in [5.74, 6) is -4.38. The minimum absolute atomic E-state index is 0.0704. The number of Topliss-reactive ketones (excluding diaryl/α,β-unsaturated/α-hetero) is 1. The van der Waals surface area contributed by atoms with Crippen LogP contribution in [0.4, 0.5) is 8.78 Å². The quantitative estimate of drug-likeness (QED) is 0.715. The zero-order valence-electron chi connectivity index (χ0n) is 9.90. The van der Waals surface area contributed by atoms with Crippen LogP contribution in [0.25, 0.3) is 0 Å². The van der Waals surface area contributed by atoms with Crippen LogP contribution in [0, 0.1) is 0 Å². The molecule has 0 aromatic heterocycles. The molecule has 1 nitrogen and oxygen atoms in total. The van der Waals surface area contributed by atoms with Gasteiger partial charge in [-0.3, -0.25) is 4.79 Å². The maximum Gasteiger partial charge on any atom is 0.310 e. The van der Waals surface area contributed by atoms with Crippen molar-refractivity contribution in [2.75, 3.05) is 0 Å². The third kappa shape index (κ3) is 2.92. The maximum absolute atomic E-state index is 13.8. The standard InChI is InChI=1S/C15H14F2O/c16-15(17,11-10-12-6-4-5-7-12)14(18)13-8-2-1-3-9-13/h1-6,8-9H,7,10-11H2. The van der Waals surface area contributed by atoms with Crippen LogP contribution in [-0.4, -0.2) is 11.7 Å². The predicted octanol–water partition coefficient (Wildman–Crippen LogP) is 4.17. The van der Waals surface area contributed by atoms with Crippen LogP contribution in [0.1, 0.15) is 29.6 Å². The van der Waals surface area contributed by atoms with E-state index >= 15 is 0 Å². The van der Waals surface area contributed by atoms with Gasteiger partial charge in [0.1, 0.15) is 0 Å². The number of hydrogen-bond acceptors (Lipinski definition) is 1. The first-order valence-corrected chi connectivity index (χ1v) is 5.92. The molecule has 0 N–H and O–H groups in total. The Morgan fingerprint density at radius 3 is 2.56 bits per heavy atom. The summed E-state index contributed by atoms with van der Waals surface area (Å²) in [6.45, 7) is 0. The van der Waals surface area contributed by atoms with Crippen molar-refractivity contribution in [2.45, 2.75) is 25.2 Å². The van der Waals surface area contributed by atoms with Gasteiger partial charge in [0.25, 0.3) is 0 Å². The van der Waals surface area contributed by atoms with E-state index in [0.29, 0.717) is 0 Å². The van der Waals surface area contributed by atoms with Crippen LogP contribution in [-0.2, 0) is 0 Å². The molecule has 0 saturated carbocycles. The maximum atomic E-state index is 13.8. The van der Waals surface area contributed by atoms with Gasteiger partial charge in [0, 0.05) is 12.0 Å². The first kappa shape index (κ1) is 12.7. The molecule has 0 saturated heterocycles. The van der Waals surface area contributed by atoms with E-state index in [4.69, 9.17) is 0 Å². The largest absolute Gasteiger partial charge is 0.310 e. The first-order valence-electron chi connectivity index (χ1n) is 5.92. The SMILES string of the molecule is O=C(c1ccccc1)C(F)(F)CCC1=CC=CC1. The molecular formula is C15H14F2O. The third-order valence-corrected chi connectivity index (χ3v) is 2.98. The van der Waals surface area contributed by atoms with Crippen LogP contribution in [0.5, 0.6) is 0 Å². The van der Waals surface area contributed by atoms with Gasteiger partial charge in [-0.05, 0) is 12.8 Å². The normalized spacial score (nSPS) is 14.7. The van der Waals surface area contributed by atoms with Crippen LogP contribution >= 0.6 is 0 Å². The third-order valence-electron chi connectivity index (χ3n) is 2.98. The molecule has 1 aromatic carbocycles. The lowest BCUT2D eigenvalue weighted by Crippen LogP contribution is -2.28. The minimum atomic E-state index is -3.29. The molecule has 2 rings (SSSR count). The number of allylic oxidation sites excluding steroid dienone is 4. The Balaban J connectivity index is 1.99. The second-order valence-corrected chi connectivity index (χ2v) is 4.36. The average molecular weight is 248 g/mol. The van der Waals surface area contributed by atoms with Gasteiger partial charge >= 0.3 is 5.92 Å². The lowest BCUT2D eigenvalue weighted by atomic mass is 9.99. The summed E-state index contributed by atoms with van der Waals surface area (Å²) in [6.07, 6.45) is 6.17. The van der Waals surface area contributed by atoms with E-state index in [0.717, 1.165) is 12.0 Å². The van der Waals surface area contributed by atoms with Crippen molar-refractivity contribution >= 4 is 5.78 Å². The molecular weight excluding hydrogens is 234 g/mol. The smallest absolute Gasteiger partial charge is 0.287 e. The topological polar surface area (TPSA) is 17.1 Å². The highest BCUT2D eigenvalue weighted by molar-refractivity contribution is 6.01. The first-order chi connectivity index (χ1) is 8.59. The average Bonchev–Trinajstić information content (AvgIpc) is 2.90. The van der Waals surface area contributed by atoms with Gasteiger partial charge in [-0.25, -0.2) is 0 Å². The van der Waals surface area contributed by atoms with Crippen LogP contribution in [0.15, 0.2) is 54.1 Å². The highest BCUT2D eigenvalue weighted by atomic mass is 19.3. The molecule has 0 radical (unpaired) electrons. The molecule has 0 unspecified atom stereocenters. The molecule has 0 amide bonds. The van der Waals surface area contributed by atoms with Gasteiger partial charge in [-0.1, -0.05) is 54.1 Å². The molecule has 18 heavy (non-hydrogen) atoms. The van der Waals surface area contributed by atoms with Crippen molar-refractivity contribution in [2.24, 2.45) is 0 Å². The van der Waals surface area contributed by atoms with Gasteiger partial charge in [0.05, 0.1) is 0 Å². The summed E-state index contributed by atoms with van der Waals surface area (Å²) in [7, 11) is 0. The molecule has 3 heteroatoms. The Morgan fingerprint density at radius 2 is 1.94 bits per heavy atom. The molecule has 0 aliphatic heterocycles. The second kappa shape index (κ2) is 5.25. The highest BCUT2D eigenvalue weighted by Gasteiger charge is 2.38. The fourth-order valence-electron chi connectivity index (χ4n) is 1.91. The van der Waals surface area contributed by atoms with Crippen molar-refractivity contribution < 1.29 is 13.6 Å². The van der Waals surface area contributed by atoms with E-state index in [1.807, 2.05) is 18.2 Å². The zero-order valence-corrected chi connectivity index (χ0v) is 9.90. The molecule has 1 aliphatic carbocycles. The molecule has 0 bridgehead atoms. The van der Waals surface area contributed by atoms with Crippen molar-refractivity contribution in [3.63, 3.8) is 0 Å². The lowest BCUT2D eigenvalue weighted by Gasteiger charge is -2.15. The molecule has 0 fully saturated rings. The van der Waals surface area contributed by atoms with Gasteiger partial charge in [-0.2, -0.15) is 8.78 Å². The van der Waals surface area contributed by atoms with Crippen molar-refractivity contribution in [3.8, 4) is 0 Å². The van der Waals surface area contributed by atoms with Gasteiger partial charge in [0.15, 0.2) is 0 Å². The summed E-state index contributed by atoms with van der Waals surface area (Å²) < 4.78 is 27.5. The minimum Gasteiger partial charge on any atom is -0.287 e. The Hall–Kier alpha value is -1.77. The number of halogens is 2. The summed E-state index contributed by atoms with van der Waals surface area (Å²) in [4.78, 5) is 11.7. The van der Waals surface area contributed by atoms with E-state index in [2.05, 4.69) is 0 Å². The number of rotatable bonds is 5. The Morgan fingerprint density at radius 1 is 1.22 bits per heavy atom. The molecule has 0 spiro atoms. The molecule has 1 aliphatic rings. The molecule has 94 valence electrons. The fourth-order valence-corrected chi connectivity index (χ4v) is 1.91. The van der Waals surface area contributed by atoms with E-state index < -0.39 is 18.1 Å². The number of carbonyl (C=O) groups is 1. The highest BCUT2D eigenvalue weighted by Crippen LogP contribution is 2.29. The second-order valence-electron chi connectivity index (χ2n) is 4.36. The van der Waals surface area contributed by atoms with Gasteiger partial charge in [-0.15, -0.1) is 0 Å². The number of alkyl halides is 2.